The van der Waals surface area contributed by atoms with E-state index in [9.17, 15) is 8.78 Å². The summed E-state index contributed by atoms with van der Waals surface area (Å²) >= 11 is 0. The van der Waals surface area contributed by atoms with Crippen molar-refractivity contribution < 1.29 is 8.78 Å². The molecule has 1 N–H and O–H groups in total. The Morgan fingerprint density at radius 3 is 2.62 bits per heavy atom. The van der Waals surface area contributed by atoms with Crippen molar-refractivity contribution in [2.75, 3.05) is 19.4 Å². The van der Waals surface area contributed by atoms with Gasteiger partial charge in [-0.15, -0.1) is 0 Å². The summed E-state index contributed by atoms with van der Waals surface area (Å²) in [6, 6.07) is 9.52. The van der Waals surface area contributed by atoms with E-state index in [1.54, 1.807) is 12.1 Å². The van der Waals surface area contributed by atoms with Crippen LogP contribution in [0.15, 0.2) is 42.7 Å². The average molecular weight is 328 g/mol. The second kappa shape index (κ2) is 6.88. The van der Waals surface area contributed by atoms with Gasteiger partial charge in [0, 0.05) is 24.0 Å². The number of rotatable bonds is 5. The van der Waals surface area contributed by atoms with Crippen LogP contribution in [0.1, 0.15) is 11.1 Å². The zero-order valence-electron chi connectivity index (χ0n) is 13.6. The van der Waals surface area contributed by atoms with Crippen molar-refractivity contribution in [3.05, 3.63) is 65.5 Å². The highest BCUT2D eigenvalue weighted by molar-refractivity contribution is 5.88. The molecular weight excluding hydrogens is 310 g/mol. The van der Waals surface area contributed by atoms with E-state index in [0.717, 1.165) is 5.56 Å². The number of aromatic nitrogens is 2. The Balaban J connectivity index is 1.79. The van der Waals surface area contributed by atoms with E-state index in [1.807, 2.05) is 25.1 Å². The van der Waals surface area contributed by atoms with Crippen molar-refractivity contribution in [3.63, 3.8) is 0 Å². The summed E-state index contributed by atoms with van der Waals surface area (Å²) in [6.07, 6.45) is 1.42. The SMILES string of the molecule is CN(C)Cc1ccc(CNc2ncnc3ccc(F)cc23)cc1F. The summed E-state index contributed by atoms with van der Waals surface area (Å²) in [5, 5.41) is 3.72. The lowest BCUT2D eigenvalue weighted by Gasteiger charge is -2.12. The van der Waals surface area contributed by atoms with E-state index in [4.69, 9.17) is 0 Å². The van der Waals surface area contributed by atoms with Crippen molar-refractivity contribution >= 4 is 16.7 Å². The number of halogens is 2. The number of nitrogens with zero attached hydrogens (tertiary/aromatic N) is 3. The first kappa shape index (κ1) is 16.3. The first-order chi connectivity index (χ1) is 11.5. The van der Waals surface area contributed by atoms with Crippen LogP contribution < -0.4 is 5.32 Å². The standard InChI is InChI=1S/C18H18F2N4/c1-24(2)10-13-4-3-12(7-16(13)20)9-21-18-15-8-14(19)5-6-17(15)22-11-23-18/h3-8,11H,9-10H2,1-2H3,(H,21,22,23). The van der Waals surface area contributed by atoms with Crippen LogP contribution in [0, 0.1) is 11.6 Å². The molecule has 0 saturated heterocycles. The van der Waals surface area contributed by atoms with Crippen LogP contribution >= 0.6 is 0 Å². The minimum atomic E-state index is -0.348. The molecule has 0 aliphatic carbocycles. The fraction of sp³-hybridized carbons (Fsp3) is 0.222. The van der Waals surface area contributed by atoms with Crippen LogP contribution in [-0.4, -0.2) is 29.0 Å². The molecule has 0 aliphatic heterocycles. The molecule has 0 spiro atoms. The van der Waals surface area contributed by atoms with Crippen molar-refractivity contribution in [2.45, 2.75) is 13.1 Å². The van der Waals surface area contributed by atoms with E-state index < -0.39 is 0 Å². The maximum Gasteiger partial charge on any atom is 0.137 e. The van der Waals surface area contributed by atoms with E-state index in [0.29, 0.717) is 35.4 Å². The fourth-order valence-electron chi connectivity index (χ4n) is 2.53. The zero-order chi connectivity index (χ0) is 17.1. The quantitative estimate of drug-likeness (QED) is 0.777. The van der Waals surface area contributed by atoms with Gasteiger partial charge >= 0.3 is 0 Å². The Kier molecular flexibility index (Phi) is 4.66. The third kappa shape index (κ3) is 3.65. The Hall–Kier alpha value is -2.60. The molecule has 0 atom stereocenters. The molecule has 3 aromatic rings. The van der Waals surface area contributed by atoms with Crippen LogP contribution in [0.5, 0.6) is 0 Å². The van der Waals surface area contributed by atoms with Crippen molar-refractivity contribution in [1.82, 2.24) is 14.9 Å². The molecule has 0 bridgehead atoms. The highest BCUT2D eigenvalue weighted by atomic mass is 19.1. The lowest BCUT2D eigenvalue weighted by atomic mass is 10.1. The second-order valence-electron chi connectivity index (χ2n) is 5.90. The van der Waals surface area contributed by atoms with Crippen molar-refractivity contribution in [3.8, 4) is 0 Å². The molecule has 24 heavy (non-hydrogen) atoms. The summed E-state index contributed by atoms with van der Waals surface area (Å²) in [7, 11) is 3.79. The third-order valence-corrected chi connectivity index (χ3v) is 3.66. The molecule has 0 saturated carbocycles. The molecule has 6 heteroatoms. The number of anilines is 1. The van der Waals surface area contributed by atoms with Crippen LogP contribution in [0.4, 0.5) is 14.6 Å². The van der Waals surface area contributed by atoms with Gasteiger partial charge in [0.2, 0.25) is 0 Å². The minimum absolute atomic E-state index is 0.235. The highest BCUT2D eigenvalue weighted by Gasteiger charge is 2.07. The number of hydrogen-bond donors (Lipinski definition) is 1. The number of fused-ring (bicyclic) bond motifs is 1. The number of hydrogen-bond acceptors (Lipinski definition) is 4. The Bertz CT molecular complexity index is 865. The van der Waals surface area contributed by atoms with Crippen LogP contribution in [0.25, 0.3) is 10.9 Å². The van der Waals surface area contributed by atoms with Gasteiger partial charge in [-0.3, -0.25) is 0 Å². The normalized spacial score (nSPS) is 11.2. The molecule has 0 fully saturated rings. The average Bonchev–Trinajstić information content (AvgIpc) is 2.55. The van der Waals surface area contributed by atoms with Gasteiger partial charge < -0.3 is 10.2 Å². The Morgan fingerprint density at radius 2 is 1.88 bits per heavy atom. The Labute approximate surface area is 139 Å². The van der Waals surface area contributed by atoms with E-state index in [1.165, 1.54) is 24.5 Å². The van der Waals surface area contributed by atoms with Crippen molar-refractivity contribution in [2.24, 2.45) is 0 Å². The lowest BCUT2D eigenvalue weighted by molar-refractivity contribution is 0.392. The second-order valence-corrected chi connectivity index (χ2v) is 5.90. The minimum Gasteiger partial charge on any atom is -0.365 e. The molecule has 2 aromatic carbocycles. The largest absolute Gasteiger partial charge is 0.365 e. The monoisotopic (exact) mass is 328 g/mol. The van der Waals surface area contributed by atoms with Crippen LogP contribution in [-0.2, 0) is 13.1 Å². The highest BCUT2D eigenvalue weighted by Crippen LogP contribution is 2.21. The van der Waals surface area contributed by atoms with E-state index >= 15 is 0 Å². The smallest absolute Gasteiger partial charge is 0.137 e. The molecule has 0 aliphatic rings. The van der Waals surface area contributed by atoms with Gasteiger partial charge in [0.15, 0.2) is 0 Å². The van der Waals surface area contributed by atoms with Gasteiger partial charge in [0.05, 0.1) is 5.52 Å². The molecule has 1 aromatic heterocycles. The first-order valence-corrected chi connectivity index (χ1v) is 7.59. The molecule has 3 rings (SSSR count). The third-order valence-electron chi connectivity index (χ3n) is 3.66. The first-order valence-electron chi connectivity index (χ1n) is 7.59. The van der Waals surface area contributed by atoms with Crippen molar-refractivity contribution in [1.29, 1.82) is 0 Å². The zero-order valence-corrected chi connectivity index (χ0v) is 13.6. The van der Waals surface area contributed by atoms with Crippen LogP contribution in [0.2, 0.25) is 0 Å². The summed E-state index contributed by atoms with van der Waals surface area (Å²) in [5.74, 6) is -0.0571. The molecule has 1 heterocycles. The van der Waals surface area contributed by atoms with Crippen LogP contribution in [0.3, 0.4) is 0 Å². The predicted molar refractivity (Wildman–Crippen MR) is 90.6 cm³/mol. The predicted octanol–water partition coefficient (Wildman–Crippen LogP) is 3.58. The maximum absolute atomic E-state index is 14.1. The molecule has 0 amide bonds. The number of nitrogens with one attached hydrogen (secondary N) is 1. The molecular formula is C18H18F2N4. The fourth-order valence-corrected chi connectivity index (χ4v) is 2.53. The topological polar surface area (TPSA) is 41.0 Å². The lowest BCUT2D eigenvalue weighted by Crippen LogP contribution is -2.12. The van der Waals surface area contributed by atoms with Gasteiger partial charge in [0.1, 0.15) is 23.8 Å². The number of benzene rings is 2. The Morgan fingerprint density at radius 1 is 1.04 bits per heavy atom. The molecule has 0 radical (unpaired) electrons. The van der Waals surface area contributed by atoms with E-state index in [-0.39, 0.29) is 11.6 Å². The summed E-state index contributed by atoms with van der Waals surface area (Å²) in [6.45, 7) is 0.942. The van der Waals surface area contributed by atoms with Gasteiger partial charge in [-0.05, 0) is 43.9 Å². The summed E-state index contributed by atoms with van der Waals surface area (Å²) < 4.78 is 27.6. The van der Waals surface area contributed by atoms with Gasteiger partial charge in [0.25, 0.3) is 0 Å². The maximum atomic E-state index is 14.1. The summed E-state index contributed by atoms with van der Waals surface area (Å²) in [4.78, 5) is 10.2. The molecule has 0 unspecified atom stereocenters. The summed E-state index contributed by atoms with van der Waals surface area (Å²) in [5.41, 5.74) is 2.10. The molecule has 4 nitrogen and oxygen atoms in total. The van der Waals surface area contributed by atoms with Gasteiger partial charge in [-0.25, -0.2) is 18.7 Å². The molecule has 124 valence electrons. The van der Waals surface area contributed by atoms with Gasteiger partial charge in [-0.1, -0.05) is 12.1 Å². The van der Waals surface area contributed by atoms with E-state index in [2.05, 4.69) is 15.3 Å². The van der Waals surface area contributed by atoms with Gasteiger partial charge in [-0.2, -0.15) is 0 Å².